The van der Waals surface area contributed by atoms with Crippen molar-refractivity contribution in [2.45, 2.75) is 13.0 Å². The summed E-state index contributed by atoms with van der Waals surface area (Å²) in [6.45, 7) is 0.0354. The Morgan fingerprint density at radius 1 is 1.07 bits per heavy atom. The first kappa shape index (κ1) is 20.8. The van der Waals surface area contributed by atoms with E-state index in [9.17, 15) is 9.59 Å². The van der Waals surface area contributed by atoms with Crippen molar-refractivity contribution < 1.29 is 23.5 Å². The lowest BCUT2D eigenvalue weighted by molar-refractivity contribution is -0.145. The minimum atomic E-state index is -0.478. The molecule has 1 aromatic heterocycles. The third-order valence-corrected chi connectivity index (χ3v) is 4.02. The van der Waals surface area contributed by atoms with Gasteiger partial charge >= 0.3 is 5.97 Å². The molecule has 2 aromatic carbocycles. The van der Waals surface area contributed by atoms with Crippen LogP contribution in [0.3, 0.4) is 0 Å². The summed E-state index contributed by atoms with van der Waals surface area (Å²) in [6, 6.07) is 16.6. The van der Waals surface area contributed by atoms with E-state index in [2.05, 4.69) is 15.5 Å². The maximum Gasteiger partial charge on any atom is 0.308 e. The Bertz CT molecular complexity index is 997. The number of ether oxygens (including phenoxy) is 2. The van der Waals surface area contributed by atoms with Gasteiger partial charge in [-0.3, -0.25) is 9.59 Å². The Morgan fingerprint density at radius 3 is 2.57 bits per heavy atom. The predicted octanol–water partition coefficient (Wildman–Crippen LogP) is 3.01. The lowest BCUT2D eigenvalue weighted by Gasteiger charge is -2.03. The highest BCUT2D eigenvalue weighted by Crippen LogP contribution is 2.17. The number of methoxy groups -OCH3 is 1. The Hall–Kier alpha value is -3.94. The minimum Gasteiger partial charge on any atom is -0.497 e. The second-order valence-corrected chi connectivity index (χ2v) is 6.18. The van der Waals surface area contributed by atoms with Gasteiger partial charge in [-0.2, -0.15) is 0 Å². The molecule has 0 aliphatic carbocycles. The van der Waals surface area contributed by atoms with Crippen LogP contribution in [0.5, 0.6) is 5.75 Å². The zero-order valence-corrected chi connectivity index (χ0v) is 16.4. The van der Waals surface area contributed by atoms with Gasteiger partial charge in [-0.15, -0.1) is 10.2 Å². The number of benzene rings is 2. The Morgan fingerprint density at radius 2 is 1.83 bits per heavy atom. The van der Waals surface area contributed by atoms with Crippen molar-refractivity contribution in [2.24, 2.45) is 0 Å². The molecule has 0 aliphatic rings. The summed E-state index contributed by atoms with van der Waals surface area (Å²) >= 11 is 0. The molecular weight excluding hydrogens is 386 g/mol. The molecule has 0 bridgehead atoms. The average molecular weight is 407 g/mol. The first-order valence-electron chi connectivity index (χ1n) is 9.27. The van der Waals surface area contributed by atoms with Crippen LogP contribution in [0, 0.1) is 0 Å². The van der Waals surface area contributed by atoms with Crippen molar-refractivity contribution in [1.29, 1.82) is 0 Å². The van der Waals surface area contributed by atoms with Crippen LogP contribution in [-0.2, 0) is 20.9 Å². The average Bonchev–Trinajstić information content (AvgIpc) is 3.26. The highest BCUT2D eigenvalue weighted by Gasteiger charge is 2.11. The SMILES string of the molecule is COc1ccc(/C=C/C(=O)NCCC(=O)OCc2nnc(-c3ccccc3)o2)cc1. The van der Waals surface area contributed by atoms with E-state index in [1.165, 1.54) is 6.08 Å². The fraction of sp³-hybridized carbons (Fsp3) is 0.182. The molecule has 0 fully saturated rings. The van der Waals surface area contributed by atoms with Gasteiger partial charge < -0.3 is 19.2 Å². The summed E-state index contributed by atoms with van der Waals surface area (Å²) in [6.07, 6.45) is 3.10. The highest BCUT2D eigenvalue weighted by atomic mass is 16.5. The van der Waals surface area contributed by atoms with Gasteiger partial charge in [0, 0.05) is 18.2 Å². The van der Waals surface area contributed by atoms with Crippen LogP contribution < -0.4 is 10.1 Å². The zero-order valence-electron chi connectivity index (χ0n) is 16.4. The zero-order chi connectivity index (χ0) is 21.2. The number of carbonyl (C=O) groups excluding carboxylic acids is 2. The van der Waals surface area contributed by atoms with Crippen molar-refractivity contribution in [3.63, 3.8) is 0 Å². The molecule has 3 rings (SSSR count). The molecule has 0 saturated carbocycles. The van der Waals surface area contributed by atoms with Crippen molar-refractivity contribution in [3.8, 4) is 17.2 Å². The monoisotopic (exact) mass is 407 g/mol. The second-order valence-electron chi connectivity index (χ2n) is 6.18. The van der Waals surface area contributed by atoms with Gasteiger partial charge in [-0.25, -0.2) is 0 Å². The summed E-state index contributed by atoms with van der Waals surface area (Å²) in [5.41, 5.74) is 1.65. The molecule has 1 heterocycles. The normalized spacial score (nSPS) is 10.7. The Balaban J connectivity index is 1.36. The fourth-order valence-electron chi connectivity index (χ4n) is 2.46. The fourth-order valence-corrected chi connectivity index (χ4v) is 2.46. The second kappa shape index (κ2) is 10.6. The molecule has 8 heteroatoms. The van der Waals surface area contributed by atoms with E-state index in [1.54, 1.807) is 25.3 Å². The van der Waals surface area contributed by atoms with Gasteiger partial charge in [0.25, 0.3) is 5.89 Å². The molecule has 0 atom stereocenters. The highest BCUT2D eigenvalue weighted by molar-refractivity contribution is 5.91. The molecule has 0 aliphatic heterocycles. The summed E-state index contributed by atoms with van der Waals surface area (Å²) in [5, 5.41) is 10.4. The molecule has 154 valence electrons. The standard InChI is InChI=1S/C22H21N3O5/c1-28-18-10-7-16(8-11-18)9-12-19(26)23-14-13-21(27)29-15-20-24-25-22(30-20)17-5-3-2-4-6-17/h2-12H,13-15H2,1H3,(H,23,26)/b12-9+. The van der Waals surface area contributed by atoms with E-state index < -0.39 is 5.97 Å². The van der Waals surface area contributed by atoms with Gasteiger partial charge in [-0.05, 0) is 35.9 Å². The topological polar surface area (TPSA) is 104 Å². The van der Waals surface area contributed by atoms with Gasteiger partial charge in [0.1, 0.15) is 5.75 Å². The number of esters is 1. The smallest absolute Gasteiger partial charge is 0.308 e. The van der Waals surface area contributed by atoms with Crippen LogP contribution in [0.25, 0.3) is 17.5 Å². The van der Waals surface area contributed by atoms with Crippen molar-refractivity contribution in [2.75, 3.05) is 13.7 Å². The third kappa shape index (κ3) is 6.30. The number of hydrogen-bond donors (Lipinski definition) is 1. The van der Waals surface area contributed by atoms with Crippen LogP contribution in [-0.4, -0.2) is 35.7 Å². The van der Waals surface area contributed by atoms with Gasteiger partial charge in [0.15, 0.2) is 6.61 Å². The Labute approximate surface area is 173 Å². The van der Waals surface area contributed by atoms with Gasteiger partial charge in [0.05, 0.1) is 13.5 Å². The molecule has 0 unspecified atom stereocenters. The number of nitrogens with zero attached hydrogens (tertiary/aromatic N) is 2. The number of hydrogen-bond acceptors (Lipinski definition) is 7. The first-order chi connectivity index (χ1) is 14.6. The first-order valence-corrected chi connectivity index (χ1v) is 9.27. The van der Waals surface area contributed by atoms with E-state index in [0.29, 0.717) is 5.89 Å². The van der Waals surface area contributed by atoms with Crippen LogP contribution in [0.1, 0.15) is 17.9 Å². The summed E-state index contributed by atoms with van der Waals surface area (Å²) in [4.78, 5) is 23.7. The Kier molecular flexibility index (Phi) is 7.32. The largest absolute Gasteiger partial charge is 0.497 e. The maximum absolute atomic E-state index is 11.8. The number of carbonyl (C=O) groups is 2. The van der Waals surface area contributed by atoms with Crippen LogP contribution in [0.2, 0.25) is 0 Å². The van der Waals surface area contributed by atoms with Crippen molar-refractivity contribution in [1.82, 2.24) is 15.5 Å². The number of rotatable bonds is 9. The van der Waals surface area contributed by atoms with Gasteiger partial charge in [0.2, 0.25) is 11.8 Å². The third-order valence-electron chi connectivity index (χ3n) is 4.02. The summed E-state index contributed by atoms with van der Waals surface area (Å²) in [7, 11) is 1.59. The van der Waals surface area contributed by atoms with E-state index in [1.807, 2.05) is 42.5 Å². The number of aromatic nitrogens is 2. The summed E-state index contributed by atoms with van der Waals surface area (Å²) in [5.74, 6) is 0.523. The lowest BCUT2D eigenvalue weighted by Crippen LogP contribution is -2.24. The molecule has 8 nitrogen and oxygen atoms in total. The van der Waals surface area contributed by atoms with Crippen LogP contribution in [0.15, 0.2) is 65.1 Å². The molecule has 0 saturated heterocycles. The van der Waals surface area contributed by atoms with Gasteiger partial charge in [-0.1, -0.05) is 30.3 Å². The van der Waals surface area contributed by atoms with E-state index in [-0.39, 0.29) is 31.4 Å². The number of amides is 1. The molecule has 1 amide bonds. The molecule has 0 radical (unpaired) electrons. The summed E-state index contributed by atoms with van der Waals surface area (Å²) < 4.78 is 15.6. The van der Waals surface area contributed by atoms with Crippen molar-refractivity contribution in [3.05, 3.63) is 72.1 Å². The van der Waals surface area contributed by atoms with Crippen LogP contribution in [0.4, 0.5) is 0 Å². The van der Waals surface area contributed by atoms with E-state index in [0.717, 1.165) is 16.9 Å². The lowest BCUT2D eigenvalue weighted by atomic mass is 10.2. The molecule has 1 N–H and O–H groups in total. The van der Waals surface area contributed by atoms with E-state index in [4.69, 9.17) is 13.9 Å². The molecular formula is C22H21N3O5. The quantitative estimate of drug-likeness (QED) is 0.429. The van der Waals surface area contributed by atoms with E-state index >= 15 is 0 Å². The molecule has 30 heavy (non-hydrogen) atoms. The molecule has 0 spiro atoms. The maximum atomic E-state index is 11.8. The predicted molar refractivity (Wildman–Crippen MR) is 109 cm³/mol. The minimum absolute atomic E-state index is 0.0296. The van der Waals surface area contributed by atoms with Crippen molar-refractivity contribution >= 4 is 18.0 Å². The number of nitrogens with one attached hydrogen (secondary N) is 1. The van der Waals surface area contributed by atoms with Crippen LogP contribution >= 0.6 is 0 Å². The molecule has 3 aromatic rings.